The minimum Gasteiger partial charge on any atom is -0.497 e. The van der Waals surface area contributed by atoms with Crippen LogP contribution in [-0.2, 0) is 4.74 Å². The van der Waals surface area contributed by atoms with Crippen molar-refractivity contribution in [2.45, 2.75) is 18.9 Å². The van der Waals surface area contributed by atoms with Gasteiger partial charge in [-0.15, -0.1) is 0 Å². The van der Waals surface area contributed by atoms with Crippen molar-refractivity contribution in [3.8, 4) is 5.75 Å². The summed E-state index contributed by atoms with van der Waals surface area (Å²) in [5.41, 5.74) is 6.90. The standard InChI is InChI=1S/C14H24N2O2/c1-5-14(10-15,11-17-3)16(2)12-6-8-13(18-4)9-7-12/h6-9H,5,10-11,15H2,1-4H3. The molecule has 1 rings (SSSR count). The highest BCUT2D eigenvalue weighted by Crippen LogP contribution is 2.26. The minimum atomic E-state index is -0.163. The van der Waals surface area contributed by atoms with E-state index in [2.05, 4.69) is 18.9 Å². The Hall–Kier alpha value is -1.26. The van der Waals surface area contributed by atoms with Crippen LogP contribution in [0, 0.1) is 0 Å². The van der Waals surface area contributed by atoms with Gasteiger partial charge in [-0.1, -0.05) is 6.92 Å². The van der Waals surface area contributed by atoms with Gasteiger partial charge in [-0.3, -0.25) is 0 Å². The maximum Gasteiger partial charge on any atom is 0.119 e. The second-order valence-electron chi connectivity index (χ2n) is 4.47. The minimum absolute atomic E-state index is 0.163. The number of nitrogens with zero attached hydrogens (tertiary/aromatic N) is 1. The first kappa shape index (κ1) is 14.8. The van der Waals surface area contributed by atoms with E-state index in [1.54, 1.807) is 14.2 Å². The maximum absolute atomic E-state index is 5.95. The Morgan fingerprint density at radius 1 is 1.22 bits per heavy atom. The SMILES string of the molecule is CCC(CN)(COC)N(C)c1ccc(OC)cc1. The molecule has 0 fully saturated rings. The number of likely N-dealkylation sites (N-methyl/N-ethyl adjacent to an activating group) is 1. The van der Waals surface area contributed by atoms with E-state index >= 15 is 0 Å². The van der Waals surface area contributed by atoms with Crippen LogP contribution in [0.25, 0.3) is 0 Å². The molecular formula is C14H24N2O2. The molecule has 0 bridgehead atoms. The lowest BCUT2D eigenvalue weighted by Crippen LogP contribution is -2.55. The first-order valence-corrected chi connectivity index (χ1v) is 6.20. The molecule has 2 N–H and O–H groups in total. The number of methoxy groups -OCH3 is 2. The molecule has 0 aliphatic rings. The van der Waals surface area contributed by atoms with E-state index < -0.39 is 0 Å². The van der Waals surface area contributed by atoms with E-state index in [4.69, 9.17) is 15.2 Å². The summed E-state index contributed by atoms with van der Waals surface area (Å²) in [7, 11) is 5.43. The van der Waals surface area contributed by atoms with Crippen molar-refractivity contribution in [3.63, 3.8) is 0 Å². The Balaban J connectivity index is 2.97. The topological polar surface area (TPSA) is 47.7 Å². The summed E-state index contributed by atoms with van der Waals surface area (Å²) in [6, 6.07) is 7.98. The van der Waals surface area contributed by atoms with E-state index in [0.29, 0.717) is 13.2 Å². The number of nitrogens with two attached hydrogens (primary N) is 1. The highest BCUT2D eigenvalue weighted by atomic mass is 16.5. The zero-order chi connectivity index (χ0) is 13.6. The first-order chi connectivity index (χ1) is 8.63. The van der Waals surface area contributed by atoms with Gasteiger partial charge < -0.3 is 20.1 Å². The lowest BCUT2D eigenvalue weighted by Gasteiger charge is -2.41. The molecule has 1 atom stereocenters. The van der Waals surface area contributed by atoms with Crippen LogP contribution < -0.4 is 15.4 Å². The highest BCUT2D eigenvalue weighted by molar-refractivity contribution is 5.51. The van der Waals surface area contributed by atoms with Gasteiger partial charge in [-0.05, 0) is 30.7 Å². The largest absolute Gasteiger partial charge is 0.497 e. The van der Waals surface area contributed by atoms with Crippen molar-refractivity contribution < 1.29 is 9.47 Å². The predicted molar refractivity (Wildman–Crippen MR) is 75.3 cm³/mol. The van der Waals surface area contributed by atoms with E-state index in [-0.39, 0.29) is 5.54 Å². The normalized spacial score (nSPS) is 14.1. The van der Waals surface area contributed by atoms with E-state index in [1.807, 2.05) is 24.3 Å². The number of ether oxygens (including phenoxy) is 2. The smallest absolute Gasteiger partial charge is 0.119 e. The molecule has 0 aromatic heterocycles. The van der Waals surface area contributed by atoms with Crippen LogP contribution in [0.2, 0.25) is 0 Å². The third kappa shape index (κ3) is 2.94. The van der Waals surface area contributed by atoms with Crippen LogP contribution in [-0.4, -0.2) is 40.0 Å². The Labute approximate surface area is 110 Å². The van der Waals surface area contributed by atoms with Crippen molar-refractivity contribution >= 4 is 5.69 Å². The van der Waals surface area contributed by atoms with Crippen molar-refractivity contribution in [3.05, 3.63) is 24.3 Å². The third-order valence-electron chi connectivity index (χ3n) is 3.62. The molecule has 4 heteroatoms. The molecule has 1 aromatic carbocycles. The molecule has 18 heavy (non-hydrogen) atoms. The number of benzene rings is 1. The average molecular weight is 252 g/mol. The van der Waals surface area contributed by atoms with E-state index in [1.165, 1.54) is 0 Å². The summed E-state index contributed by atoms with van der Waals surface area (Å²) in [5, 5.41) is 0. The Kier molecular flexibility index (Phi) is 5.44. The summed E-state index contributed by atoms with van der Waals surface area (Å²) >= 11 is 0. The van der Waals surface area contributed by atoms with Gasteiger partial charge >= 0.3 is 0 Å². The zero-order valence-electron chi connectivity index (χ0n) is 11.8. The molecule has 0 radical (unpaired) electrons. The van der Waals surface area contributed by atoms with Crippen LogP contribution in [0.5, 0.6) is 5.75 Å². The van der Waals surface area contributed by atoms with Gasteiger partial charge in [0.2, 0.25) is 0 Å². The highest BCUT2D eigenvalue weighted by Gasteiger charge is 2.31. The maximum atomic E-state index is 5.95. The molecule has 102 valence electrons. The molecular weight excluding hydrogens is 228 g/mol. The van der Waals surface area contributed by atoms with Gasteiger partial charge in [0.05, 0.1) is 19.3 Å². The molecule has 0 spiro atoms. The van der Waals surface area contributed by atoms with Crippen molar-refractivity contribution in [2.24, 2.45) is 5.73 Å². The fraction of sp³-hybridized carbons (Fsp3) is 0.571. The van der Waals surface area contributed by atoms with Gasteiger partial charge in [0.1, 0.15) is 5.75 Å². The van der Waals surface area contributed by atoms with Gasteiger partial charge in [-0.2, -0.15) is 0 Å². The van der Waals surface area contributed by atoms with E-state index in [9.17, 15) is 0 Å². The Bertz CT molecular complexity index is 347. The molecule has 0 saturated carbocycles. The number of hydrogen-bond acceptors (Lipinski definition) is 4. The summed E-state index contributed by atoms with van der Waals surface area (Å²) in [6.45, 7) is 3.30. The van der Waals surface area contributed by atoms with Gasteiger partial charge in [0.25, 0.3) is 0 Å². The van der Waals surface area contributed by atoms with E-state index in [0.717, 1.165) is 17.9 Å². The number of rotatable bonds is 7. The number of anilines is 1. The average Bonchev–Trinajstić information content (AvgIpc) is 2.44. The monoisotopic (exact) mass is 252 g/mol. The summed E-state index contributed by atoms with van der Waals surface area (Å²) in [5.74, 6) is 0.855. The molecule has 0 heterocycles. The first-order valence-electron chi connectivity index (χ1n) is 6.20. The lowest BCUT2D eigenvalue weighted by atomic mass is 9.94. The van der Waals surface area contributed by atoms with Gasteiger partial charge in [0, 0.05) is 26.4 Å². The summed E-state index contributed by atoms with van der Waals surface area (Å²) < 4.78 is 10.5. The molecule has 1 unspecified atom stereocenters. The summed E-state index contributed by atoms with van der Waals surface area (Å²) in [4.78, 5) is 2.19. The van der Waals surface area contributed by atoms with Crippen LogP contribution in [0.1, 0.15) is 13.3 Å². The second kappa shape index (κ2) is 6.61. The molecule has 4 nitrogen and oxygen atoms in total. The predicted octanol–water partition coefficient (Wildman–Crippen LogP) is 1.89. The van der Waals surface area contributed by atoms with Crippen LogP contribution in [0.15, 0.2) is 24.3 Å². The molecule has 0 amide bonds. The second-order valence-corrected chi connectivity index (χ2v) is 4.47. The fourth-order valence-corrected chi connectivity index (χ4v) is 2.12. The molecule has 0 saturated heterocycles. The van der Waals surface area contributed by atoms with Crippen molar-refractivity contribution in [2.75, 3.05) is 39.3 Å². The van der Waals surface area contributed by atoms with Gasteiger partial charge in [0.15, 0.2) is 0 Å². The third-order valence-corrected chi connectivity index (χ3v) is 3.62. The zero-order valence-corrected chi connectivity index (χ0v) is 11.8. The summed E-state index contributed by atoms with van der Waals surface area (Å²) in [6.07, 6.45) is 0.930. The van der Waals surface area contributed by atoms with Crippen LogP contribution >= 0.6 is 0 Å². The molecule has 0 aliphatic heterocycles. The number of hydrogen-bond donors (Lipinski definition) is 1. The lowest BCUT2D eigenvalue weighted by molar-refractivity contribution is 0.130. The Morgan fingerprint density at radius 3 is 2.22 bits per heavy atom. The quantitative estimate of drug-likeness (QED) is 0.805. The fourth-order valence-electron chi connectivity index (χ4n) is 2.12. The van der Waals surface area contributed by atoms with Crippen LogP contribution in [0.3, 0.4) is 0 Å². The van der Waals surface area contributed by atoms with Crippen molar-refractivity contribution in [1.29, 1.82) is 0 Å². The van der Waals surface area contributed by atoms with Crippen LogP contribution in [0.4, 0.5) is 5.69 Å². The Morgan fingerprint density at radius 2 is 1.83 bits per heavy atom. The van der Waals surface area contributed by atoms with Crippen molar-refractivity contribution in [1.82, 2.24) is 0 Å². The molecule has 0 aliphatic carbocycles. The molecule has 1 aromatic rings. The van der Waals surface area contributed by atoms with Gasteiger partial charge in [-0.25, -0.2) is 0 Å².